The van der Waals surface area contributed by atoms with E-state index in [1.807, 2.05) is 49.4 Å². The van der Waals surface area contributed by atoms with Crippen molar-refractivity contribution >= 4 is 12.0 Å². The minimum atomic E-state index is -0.338. The summed E-state index contributed by atoms with van der Waals surface area (Å²) in [5.41, 5.74) is 3.98. The molecule has 1 rings (SSSR count). The van der Waals surface area contributed by atoms with E-state index >= 15 is 0 Å². The summed E-state index contributed by atoms with van der Waals surface area (Å²) >= 11 is 0. The first-order chi connectivity index (χ1) is 8.22. The molecule has 0 aliphatic carbocycles. The van der Waals surface area contributed by atoms with Crippen LogP contribution in [0.25, 0.3) is 6.08 Å². The maximum atomic E-state index is 10.9. The maximum absolute atomic E-state index is 10.9. The van der Waals surface area contributed by atoms with Gasteiger partial charge in [-0.2, -0.15) is 0 Å². The van der Waals surface area contributed by atoms with Crippen molar-refractivity contribution in [2.75, 3.05) is 0 Å². The van der Waals surface area contributed by atoms with Crippen LogP contribution in [0.5, 0.6) is 0 Å². The van der Waals surface area contributed by atoms with Crippen molar-refractivity contribution in [1.82, 2.24) is 0 Å². The van der Waals surface area contributed by atoms with E-state index in [2.05, 4.69) is 5.73 Å². The van der Waals surface area contributed by atoms with Gasteiger partial charge in [0.2, 0.25) is 0 Å². The summed E-state index contributed by atoms with van der Waals surface area (Å²) in [7, 11) is 0. The number of hydrogen-bond donors (Lipinski definition) is 0. The van der Waals surface area contributed by atoms with Gasteiger partial charge in [-0.1, -0.05) is 49.1 Å². The monoisotopic (exact) mass is 228 g/mol. The third kappa shape index (κ3) is 5.55. The molecule has 0 saturated heterocycles. The molecule has 0 saturated carbocycles. The number of carbonyl (C=O) groups is 1. The molecule has 0 fully saturated rings. The predicted molar refractivity (Wildman–Crippen MR) is 69.1 cm³/mol. The van der Waals surface area contributed by atoms with Crippen LogP contribution in [-0.2, 0) is 9.53 Å². The van der Waals surface area contributed by atoms with E-state index in [9.17, 15) is 4.79 Å². The summed E-state index contributed by atoms with van der Waals surface area (Å²) in [5, 5.41) is 0. The van der Waals surface area contributed by atoms with Crippen LogP contribution < -0.4 is 0 Å². The topological polar surface area (TPSA) is 26.3 Å². The summed E-state index contributed by atoms with van der Waals surface area (Å²) in [4.78, 5) is 10.9. The molecule has 0 amide bonds. The lowest BCUT2D eigenvalue weighted by atomic mass is 10.2. The van der Waals surface area contributed by atoms with Crippen molar-refractivity contribution < 1.29 is 9.53 Å². The van der Waals surface area contributed by atoms with Crippen molar-refractivity contribution in [3.8, 4) is 0 Å². The van der Waals surface area contributed by atoms with E-state index in [0.29, 0.717) is 5.76 Å². The minimum Gasteiger partial charge on any atom is -0.418 e. The second kappa shape index (κ2) is 7.26. The van der Waals surface area contributed by atoms with E-state index in [-0.39, 0.29) is 5.97 Å². The Labute approximate surface area is 102 Å². The van der Waals surface area contributed by atoms with Crippen LogP contribution in [0.3, 0.4) is 0 Å². The van der Waals surface area contributed by atoms with Gasteiger partial charge in [0.25, 0.3) is 0 Å². The van der Waals surface area contributed by atoms with Crippen LogP contribution in [0, 0.1) is 0 Å². The summed E-state index contributed by atoms with van der Waals surface area (Å²) in [6.07, 6.45) is 6.30. The highest BCUT2D eigenvalue weighted by Crippen LogP contribution is 2.06. The standard InChI is InChI=1S/C15H16O2/c1-3-4-10-15(17-13(2)16)12-11-14-8-6-5-7-9-14/h4-9,11-12H,3H2,1-2H3. The van der Waals surface area contributed by atoms with Crippen LogP contribution >= 0.6 is 0 Å². The lowest BCUT2D eigenvalue weighted by molar-refractivity contribution is -0.136. The molecule has 0 atom stereocenters. The van der Waals surface area contributed by atoms with Gasteiger partial charge in [0.15, 0.2) is 5.76 Å². The SMILES string of the molecule is CCC=C=C(C=Cc1ccccc1)OC(C)=O. The van der Waals surface area contributed by atoms with Crippen molar-refractivity contribution in [2.45, 2.75) is 20.3 Å². The minimum absolute atomic E-state index is 0.338. The molecule has 1 aromatic carbocycles. The molecule has 2 heteroatoms. The average molecular weight is 228 g/mol. The van der Waals surface area contributed by atoms with E-state index in [0.717, 1.165) is 12.0 Å². The average Bonchev–Trinajstić information content (AvgIpc) is 2.33. The molecule has 0 aliphatic heterocycles. The second-order valence-corrected chi connectivity index (χ2v) is 3.46. The molecule has 0 unspecified atom stereocenters. The number of carbonyl (C=O) groups excluding carboxylic acids is 1. The van der Waals surface area contributed by atoms with Gasteiger partial charge in [0, 0.05) is 6.92 Å². The van der Waals surface area contributed by atoms with Crippen molar-refractivity contribution in [2.24, 2.45) is 0 Å². The molecular weight excluding hydrogens is 212 g/mol. The Morgan fingerprint density at radius 3 is 2.65 bits per heavy atom. The van der Waals surface area contributed by atoms with Crippen LogP contribution in [-0.4, -0.2) is 5.97 Å². The highest BCUT2D eigenvalue weighted by atomic mass is 16.5. The van der Waals surface area contributed by atoms with E-state index in [4.69, 9.17) is 4.74 Å². The van der Waals surface area contributed by atoms with Crippen molar-refractivity contribution in [3.05, 3.63) is 59.5 Å². The number of benzene rings is 1. The molecule has 0 bridgehead atoms. The molecule has 0 heterocycles. The van der Waals surface area contributed by atoms with Gasteiger partial charge < -0.3 is 4.74 Å². The zero-order valence-electron chi connectivity index (χ0n) is 10.1. The van der Waals surface area contributed by atoms with E-state index < -0.39 is 0 Å². The molecule has 17 heavy (non-hydrogen) atoms. The Balaban J connectivity index is 2.83. The molecule has 88 valence electrons. The molecule has 0 aromatic heterocycles. The number of ether oxygens (including phenoxy) is 1. The Hall–Kier alpha value is -2.05. The van der Waals surface area contributed by atoms with Crippen LogP contribution in [0.15, 0.2) is 54.0 Å². The van der Waals surface area contributed by atoms with Gasteiger partial charge in [-0.05, 0) is 24.1 Å². The van der Waals surface area contributed by atoms with Gasteiger partial charge >= 0.3 is 5.97 Å². The lowest BCUT2D eigenvalue weighted by Crippen LogP contribution is -1.95. The van der Waals surface area contributed by atoms with E-state index in [1.165, 1.54) is 6.92 Å². The summed E-state index contributed by atoms with van der Waals surface area (Å²) < 4.78 is 5.02. The third-order valence-corrected chi connectivity index (χ3v) is 1.93. The maximum Gasteiger partial charge on any atom is 0.308 e. The Bertz CT molecular complexity index is 449. The molecule has 0 spiro atoms. The van der Waals surface area contributed by atoms with Crippen LogP contribution in [0.1, 0.15) is 25.8 Å². The van der Waals surface area contributed by atoms with Crippen LogP contribution in [0.2, 0.25) is 0 Å². The molecular formula is C15H16O2. The molecule has 1 aromatic rings. The first-order valence-electron chi connectivity index (χ1n) is 5.59. The second-order valence-electron chi connectivity index (χ2n) is 3.46. The Morgan fingerprint density at radius 2 is 2.06 bits per heavy atom. The van der Waals surface area contributed by atoms with E-state index in [1.54, 1.807) is 6.08 Å². The summed E-state index contributed by atoms with van der Waals surface area (Å²) in [6, 6.07) is 9.82. The number of esters is 1. The molecule has 0 N–H and O–H groups in total. The summed E-state index contributed by atoms with van der Waals surface area (Å²) in [5.74, 6) is 0.0953. The highest BCUT2D eigenvalue weighted by Gasteiger charge is 1.96. The lowest BCUT2D eigenvalue weighted by Gasteiger charge is -1.98. The number of rotatable bonds is 4. The predicted octanol–water partition coefficient (Wildman–Crippen LogP) is 3.71. The fourth-order valence-electron chi connectivity index (χ4n) is 1.21. The quantitative estimate of drug-likeness (QED) is 0.340. The van der Waals surface area contributed by atoms with Crippen molar-refractivity contribution in [1.29, 1.82) is 0 Å². The first kappa shape index (κ1) is 13.0. The number of allylic oxidation sites excluding steroid dienone is 1. The Morgan fingerprint density at radius 1 is 1.35 bits per heavy atom. The normalized spacial score (nSPS) is 9.76. The molecule has 2 nitrogen and oxygen atoms in total. The van der Waals surface area contributed by atoms with Gasteiger partial charge in [-0.15, -0.1) is 0 Å². The molecule has 0 aliphatic rings. The Kier molecular flexibility index (Phi) is 5.56. The third-order valence-electron chi connectivity index (χ3n) is 1.93. The van der Waals surface area contributed by atoms with Crippen LogP contribution in [0.4, 0.5) is 0 Å². The zero-order valence-corrected chi connectivity index (χ0v) is 10.1. The fourth-order valence-corrected chi connectivity index (χ4v) is 1.21. The highest BCUT2D eigenvalue weighted by molar-refractivity contribution is 5.68. The fraction of sp³-hybridized carbons (Fsp3) is 0.200. The largest absolute Gasteiger partial charge is 0.418 e. The van der Waals surface area contributed by atoms with Gasteiger partial charge in [-0.25, -0.2) is 0 Å². The van der Waals surface area contributed by atoms with Crippen molar-refractivity contribution in [3.63, 3.8) is 0 Å². The summed E-state index contributed by atoms with van der Waals surface area (Å²) in [6.45, 7) is 3.38. The molecule has 0 radical (unpaired) electrons. The number of hydrogen-bond acceptors (Lipinski definition) is 2. The zero-order chi connectivity index (χ0) is 12.5. The van der Waals surface area contributed by atoms with Gasteiger partial charge in [-0.3, -0.25) is 4.79 Å². The smallest absolute Gasteiger partial charge is 0.308 e. The first-order valence-corrected chi connectivity index (χ1v) is 5.59. The van der Waals surface area contributed by atoms with Gasteiger partial charge in [0.1, 0.15) is 0 Å². The van der Waals surface area contributed by atoms with Gasteiger partial charge in [0.05, 0.1) is 0 Å².